The molecule has 0 radical (unpaired) electrons. The third-order valence-corrected chi connectivity index (χ3v) is 5.74. The molecule has 3 aromatic rings. The summed E-state index contributed by atoms with van der Waals surface area (Å²) in [5.74, 6) is -1.27. The molecule has 2 aromatic carbocycles. The van der Waals surface area contributed by atoms with Gasteiger partial charge in [-0.05, 0) is 11.5 Å². The summed E-state index contributed by atoms with van der Waals surface area (Å²) in [6.07, 6.45) is 0. The van der Waals surface area contributed by atoms with Crippen LogP contribution in [0.4, 0.5) is 5.13 Å². The van der Waals surface area contributed by atoms with E-state index in [1.165, 1.54) is 11.6 Å². The minimum Gasteiger partial charge on any atom is -0.505 e. The van der Waals surface area contributed by atoms with Crippen LogP contribution in [0.5, 0.6) is 0 Å². The average molecular weight is 374 g/mol. The Bertz CT molecular complexity index is 1140. The average Bonchev–Trinajstić information content (AvgIpc) is 3.10. The zero-order chi connectivity index (χ0) is 17.6. The quantitative estimate of drug-likeness (QED) is 0.629. The third-order valence-electron chi connectivity index (χ3n) is 3.68. The number of rotatable bonds is 2. The Morgan fingerprint density at radius 3 is 2.76 bits per heavy atom. The maximum absolute atomic E-state index is 12.7. The Balaban J connectivity index is 1.89. The van der Waals surface area contributed by atoms with E-state index in [-0.39, 0.29) is 15.6 Å². The fourth-order valence-corrected chi connectivity index (χ4v) is 4.56. The van der Waals surface area contributed by atoms with Crippen LogP contribution in [0.2, 0.25) is 0 Å². The van der Waals surface area contributed by atoms with Gasteiger partial charge in [0.05, 0.1) is 0 Å². The smallest absolute Gasteiger partial charge is 0.278 e. The highest BCUT2D eigenvalue weighted by molar-refractivity contribution is 7.90. The summed E-state index contributed by atoms with van der Waals surface area (Å²) >= 11 is 1.07. The van der Waals surface area contributed by atoms with Crippen molar-refractivity contribution in [3.8, 4) is 0 Å². The van der Waals surface area contributed by atoms with Crippen LogP contribution in [0.25, 0.3) is 16.5 Å². The van der Waals surface area contributed by atoms with Gasteiger partial charge in [0.25, 0.3) is 15.9 Å². The van der Waals surface area contributed by atoms with Crippen LogP contribution < -0.4 is 10.0 Å². The predicted molar refractivity (Wildman–Crippen MR) is 92.4 cm³/mol. The van der Waals surface area contributed by atoms with Crippen molar-refractivity contribution in [3.63, 3.8) is 0 Å². The van der Waals surface area contributed by atoms with E-state index >= 15 is 0 Å². The van der Waals surface area contributed by atoms with Gasteiger partial charge in [-0.1, -0.05) is 41.7 Å². The SMILES string of the molecule is O=C(Nc1nncs1)C1=C(O)c2ccc3ccccc3c2S(=O)(=O)N1. The second-order valence-corrected chi connectivity index (χ2v) is 7.64. The van der Waals surface area contributed by atoms with Gasteiger partial charge in [0.1, 0.15) is 10.4 Å². The first kappa shape index (κ1) is 15.5. The number of carbonyl (C=O) groups excluding carboxylic acids is 1. The molecule has 1 aromatic heterocycles. The van der Waals surface area contributed by atoms with Crippen LogP contribution in [0, 0.1) is 0 Å². The number of aliphatic hydroxyl groups excluding tert-OH is 1. The lowest BCUT2D eigenvalue weighted by Crippen LogP contribution is -2.35. The molecule has 0 bridgehead atoms. The monoisotopic (exact) mass is 374 g/mol. The molecule has 1 aliphatic heterocycles. The van der Waals surface area contributed by atoms with E-state index in [4.69, 9.17) is 0 Å². The van der Waals surface area contributed by atoms with Crippen molar-refractivity contribution in [1.82, 2.24) is 14.9 Å². The summed E-state index contributed by atoms with van der Waals surface area (Å²) in [5, 5.41) is 21.4. The summed E-state index contributed by atoms with van der Waals surface area (Å²) in [6.45, 7) is 0. The zero-order valence-corrected chi connectivity index (χ0v) is 14.1. The van der Waals surface area contributed by atoms with E-state index in [2.05, 4.69) is 20.2 Å². The number of hydrogen-bond donors (Lipinski definition) is 3. The first-order valence-electron chi connectivity index (χ1n) is 7.03. The van der Waals surface area contributed by atoms with Crippen molar-refractivity contribution in [2.24, 2.45) is 0 Å². The van der Waals surface area contributed by atoms with Crippen LogP contribution in [0.3, 0.4) is 0 Å². The fraction of sp³-hybridized carbons (Fsp3) is 0. The van der Waals surface area contributed by atoms with E-state index in [1.54, 1.807) is 30.3 Å². The molecule has 0 fully saturated rings. The molecular formula is C15H10N4O4S2. The van der Waals surface area contributed by atoms with Crippen LogP contribution >= 0.6 is 11.3 Å². The summed E-state index contributed by atoms with van der Waals surface area (Å²) in [4.78, 5) is 12.3. The highest BCUT2D eigenvalue weighted by Crippen LogP contribution is 2.35. The summed E-state index contributed by atoms with van der Waals surface area (Å²) in [7, 11) is -4.04. The number of nitrogens with one attached hydrogen (secondary N) is 2. The molecule has 0 atom stereocenters. The first-order valence-corrected chi connectivity index (χ1v) is 9.39. The summed E-state index contributed by atoms with van der Waals surface area (Å²) in [5.41, 5.74) is 1.02. The topological polar surface area (TPSA) is 121 Å². The minimum atomic E-state index is -4.04. The molecule has 8 nitrogen and oxygen atoms in total. The van der Waals surface area contributed by atoms with Gasteiger partial charge in [-0.3, -0.25) is 14.8 Å². The molecule has 25 heavy (non-hydrogen) atoms. The van der Waals surface area contributed by atoms with Gasteiger partial charge in [0.15, 0.2) is 11.5 Å². The number of amides is 1. The predicted octanol–water partition coefficient (Wildman–Crippen LogP) is 1.85. The molecule has 0 spiro atoms. The summed E-state index contributed by atoms with van der Waals surface area (Å²) < 4.78 is 27.5. The number of fused-ring (bicyclic) bond motifs is 3. The van der Waals surface area contributed by atoms with E-state index in [0.717, 1.165) is 11.3 Å². The zero-order valence-electron chi connectivity index (χ0n) is 12.4. The number of carbonyl (C=O) groups is 1. The number of sulfonamides is 1. The third kappa shape index (κ3) is 2.51. The van der Waals surface area contributed by atoms with Crippen molar-refractivity contribution in [2.75, 3.05) is 5.32 Å². The lowest BCUT2D eigenvalue weighted by atomic mass is 10.0. The van der Waals surface area contributed by atoms with E-state index in [0.29, 0.717) is 10.8 Å². The molecule has 1 amide bonds. The second kappa shape index (κ2) is 5.53. The van der Waals surface area contributed by atoms with Crippen LogP contribution in [0.15, 0.2) is 52.5 Å². The van der Waals surface area contributed by atoms with E-state index < -0.39 is 27.4 Å². The number of aliphatic hydroxyl groups is 1. The van der Waals surface area contributed by atoms with Crippen molar-refractivity contribution >= 4 is 48.9 Å². The van der Waals surface area contributed by atoms with Crippen molar-refractivity contribution in [1.29, 1.82) is 0 Å². The number of aromatic nitrogens is 2. The van der Waals surface area contributed by atoms with E-state index in [9.17, 15) is 18.3 Å². The highest BCUT2D eigenvalue weighted by Gasteiger charge is 2.34. The maximum Gasteiger partial charge on any atom is 0.278 e. The van der Waals surface area contributed by atoms with Gasteiger partial charge in [0, 0.05) is 10.9 Å². The number of anilines is 1. The lowest BCUT2D eigenvalue weighted by Gasteiger charge is -2.22. The van der Waals surface area contributed by atoms with Gasteiger partial charge in [-0.25, -0.2) is 8.42 Å². The van der Waals surface area contributed by atoms with Crippen molar-refractivity contribution in [2.45, 2.75) is 4.90 Å². The number of nitrogens with zero attached hydrogens (tertiary/aromatic N) is 2. The molecule has 1 aliphatic rings. The van der Waals surface area contributed by atoms with Crippen molar-refractivity contribution in [3.05, 3.63) is 53.2 Å². The number of benzene rings is 2. The van der Waals surface area contributed by atoms with Crippen LogP contribution in [-0.2, 0) is 14.8 Å². The van der Waals surface area contributed by atoms with Gasteiger partial charge < -0.3 is 5.11 Å². The standard InChI is InChI=1S/C15H10N4O4S2/c20-12-10-6-5-8-3-1-2-4-9(8)13(10)25(22,23)19-11(12)14(21)17-15-18-16-7-24-15/h1-7,19-20H,(H,17,18,21). The molecule has 0 unspecified atom stereocenters. The van der Waals surface area contributed by atoms with Crippen LogP contribution in [0.1, 0.15) is 5.56 Å². The first-order chi connectivity index (χ1) is 12.0. The van der Waals surface area contributed by atoms with Crippen molar-refractivity contribution < 1.29 is 18.3 Å². The van der Waals surface area contributed by atoms with Gasteiger partial charge >= 0.3 is 0 Å². The van der Waals surface area contributed by atoms with E-state index in [1.807, 2.05) is 0 Å². The Morgan fingerprint density at radius 2 is 2.00 bits per heavy atom. The van der Waals surface area contributed by atoms with Gasteiger partial charge in [-0.2, -0.15) is 0 Å². The fourth-order valence-electron chi connectivity index (χ4n) is 2.63. The lowest BCUT2D eigenvalue weighted by molar-refractivity contribution is -0.113. The molecule has 0 saturated carbocycles. The Hall–Kier alpha value is -2.98. The molecule has 0 saturated heterocycles. The molecule has 4 rings (SSSR count). The molecule has 0 aliphatic carbocycles. The molecule has 3 N–H and O–H groups in total. The Kier molecular flexibility index (Phi) is 3.44. The highest BCUT2D eigenvalue weighted by atomic mass is 32.2. The largest absolute Gasteiger partial charge is 0.505 e. The molecular weight excluding hydrogens is 364 g/mol. The Morgan fingerprint density at radius 1 is 1.20 bits per heavy atom. The molecule has 126 valence electrons. The Labute approximate surface area is 145 Å². The maximum atomic E-state index is 12.7. The number of hydrogen-bond acceptors (Lipinski definition) is 7. The summed E-state index contributed by atoms with van der Waals surface area (Å²) in [6, 6.07) is 10.1. The molecule has 2 heterocycles. The van der Waals surface area contributed by atoms with Gasteiger partial charge in [0.2, 0.25) is 5.13 Å². The van der Waals surface area contributed by atoms with Crippen LogP contribution in [-0.4, -0.2) is 29.6 Å². The minimum absolute atomic E-state index is 0.0597. The van der Waals surface area contributed by atoms with Gasteiger partial charge in [-0.15, -0.1) is 10.2 Å². The second-order valence-electron chi connectivity index (χ2n) is 5.19. The normalized spacial score (nSPS) is 15.5. The molecule has 10 heteroatoms.